The number of hydrogen-bond acceptors (Lipinski definition) is 2. The average Bonchev–Trinajstić information content (AvgIpc) is 2.50. The van der Waals surface area contributed by atoms with Gasteiger partial charge in [0.05, 0.1) is 6.10 Å². The molecule has 1 unspecified atom stereocenters. The smallest absolute Gasteiger partial charge is 0.0719 e. The molecular weight excluding hydrogens is 150 g/mol. The molecule has 0 radical (unpaired) electrons. The lowest BCUT2D eigenvalue weighted by atomic mass is 9.91. The lowest BCUT2D eigenvalue weighted by Gasteiger charge is -2.27. The van der Waals surface area contributed by atoms with Gasteiger partial charge in [-0.1, -0.05) is 12.2 Å². The third-order valence-corrected chi connectivity index (χ3v) is 3.53. The lowest BCUT2D eigenvalue weighted by Crippen LogP contribution is -2.35. The number of nitrogens with zero attached hydrogens (tertiary/aromatic N) is 1. The fraction of sp³-hybridized carbons (Fsp3) is 0.800. The summed E-state index contributed by atoms with van der Waals surface area (Å²) in [5.41, 5.74) is 1.64. The molecule has 2 nitrogen and oxygen atoms in total. The van der Waals surface area contributed by atoms with Crippen molar-refractivity contribution in [2.75, 3.05) is 20.2 Å². The first kappa shape index (κ1) is 8.27. The lowest BCUT2D eigenvalue weighted by molar-refractivity contribution is 0.108. The second-order valence-corrected chi connectivity index (χ2v) is 4.14. The standard InChI is InChI=1S/C10H17NO/c1-8-4-5-11-7-9(12-3)6-10(8,11)2/h9H,1,4-7H2,2-3H3/t9?,10-/m0/s1. The minimum Gasteiger partial charge on any atom is -0.380 e. The van der Waals surface area contributed by atoms with Gasteiger partial charge in [-0.05, 0) is 19.8 Å². The molecule has 0 spiro atoms. The van der Waals surface area contributed by atoms with E-state index in [1.54, 1.807) is 7.11 Å². The minimum absolute atomic E-state index is 0.251. The van der Waals surface area contributed by atoms with Crippen LogP contribution in [0.4, 0.5) is 0 Å². The van der Waals surface area contributed by atoms with Crippen LogP contribution in [-0.4, -0.2) is 36.7 Å². The molecule has 0 aromatic heterocycles. The summed E-state index contributed by atoms with van der Waals surface area (Å²) in [4.78, 5) is 2.50. The van der Waals surface area contributed by atoms with E-state index in [1.807, 2.05) is 0 Å². The summed E-state index contributed by atoms with van der Waals surface area (Å²) in [5, 5.41) is 0. The summed E-state index contributed by atoms with van der Waals surface area (Å²) in [6.07, 6.45) is 2.72. The molecule has 2 aliphatic rings. The third-order valence-electron chi connectivity index (χ3n) is 3.53. The van der Waals surface area contributed by atoms with Crippen molar-refractivity contribution < 1.29 is 4.74 Å². The number of fused-ring (bicyclic) bond motifs is 1. The van der Waals surface area contributed by atoms with Crippen LogP contribution < -0.4 is 0 Å². The molecule has 0 aromatic carbocycles. The van der Waals surface area contributed by atoms with E-state index in [2.05, 4.69) is 18.4 Å². The maximum Gasteiger partial charge on any atom is 0.0719 e. The molecule has 0 saturated carbocycles. The molecule has 2 aliphatic heterocycles. The summed E-state index contributed by atoms with van der Waals surface area (Å²) in [6.45, 7) is 8.70. The first-order valence-electron chi connectivity index (χ1n) is 4.63. The Balaban J connectivity index is 2.18. The van der Waals surface area contributed by atoms with Crippen LogP contribution in [0.25, 0.3) is 0 Å². The highest BCUT2D eigenvalue weighted by atomic mass is 16.5. The first-order chi connectivity index (χ1) is 5.66. The van der Waals surface area contributed by atoms with Crippen LogP contribution in [0.1, 0.15) is 19.8 Å². The predicted molar refractivity (Wildman–Crippen MR) is 49.1 cm³/mol. The molecule has 68 valence electrons. The zero-order valence-corrected chi connectivity index (χ0v) is 7.97. The zero-order valence-electron chi connectivity index (χ0n) is 7.97. The highest BCUT2D eigenvalue weighted by molar-refractivity contribution is 5.24. The SMILES string of the molecule is C=C1CCN2CC(OC)C[C@@]12C. The van der Waals surface area contributed by atoms with Crippen molar-refractivity contribution in [2.45, 2.75) is 31.4 Å². The molecule has 0 amide bonds. The average molecular weight is 167 g/mol. The topological polar surface area (TPSA) is 12.5 Å². The van der Waals surface area contributed by atoms with Gasteiger partial charge in [-0.25, -0.2) is 0 Å². The molecule has 0 aliphatic carbocycles. The fourth-order valence-electron chi connectivity index (χ4n) is 2.49. The van der Waals surface area contributed by atoms with Crippen molar-refractivity contribution in [3.8, 4) is 0 Å². The van der Waals surface area contributed by atoms with Crippen molar-refractivity contribution in [1.82, 2.24) is 4.90 Å². The molecule has 2 saturated heterocycles. The maximum absolute atomic E-state index is 5.38. The summed E-state index contributed by atoms with van der Waals surface area (Å²) >= 11 is 0. The molecule has 12 heavy (non-hydrogen) atoms. The summed E-state index contributed by atoms with van der Waals surface area (Å²) in [7, 11) is 1.80. The van der Waals surface area contributed by atoms with Crippen molar-refractivity contribution in [2.24, 2.45) is 0 Å². The molecule has 2 heterocycles. The quantitative estimate of drug-likeness (QED) is 0.548. The van der Waals surface area contributed by atoms with Crippen LogP contribution in [0.15, 0.2) is 12.2 Å². The largest absolute Gasteiger partial charge is 0.380 e. The van der Waals surface area contributed by atoms with Crippen molar-refractivity contribution >= 4 is 0 Å². The van der Waals surface area contributed by atoms with E-state index in [0.29, 0.717) is 6.10 Å². The van der Waals surface area contributed by atoms with Crippen LogP contribution in [0.2, 0.25) is 0 Å². The van der Waals surface area contributed by atoms with Crippen LogP contribution >= 0.6 is 0 Å². The van der Waals surface area contributed by atoms with Crippen LogP contribution in [0.5, 0.6) is 0 Å². The Morgan fingerprint density at radius 1 is 1.67 bits per heavy atom. The van der Waals surface area contributed by atoms with Gasteiger partial charge in [0.15, 0.2) is 0 Å². The normalized spacial score (nSPS) is 42.2. The van der Waals surface area contributed by atoms with E-state index in [1.165, 1.54) is 18.5 Å². The van der Waals surface area contributed by atoms with Crippen LogP contribution in [-0.2, 0) is 4.74 Å². The highest BCUT2D eigenvalue weighted by Gasteiger charge is 2.47. The van der Waals surface area contributed by atoms with Gasteiger partial charge >= 0.3 is 0 Å². The number of methoxy groups -OCH3 is 1. The second kappa shape index (κ2) is 2.57. The molecule has 0 bridgehead atoms. The Labute approximate surface area is 74.2 Å². The number of rotatable bonds is 1. The molecule has 0 aromatic rings. The molecule has 2 fully saturated rings. The fourth-order valence-corrected chi connectivity index (χ4v) is 2.49. The third kappa shape index (κ3) is 0.947. The van der Waals surface area contributed by atoms with Gasteiger partial charge in [-0.3, -0.25) is 4.90 Å². The molecule has 2 atom stereocenters. The van der Waals surface area contributed by atoms with E-state index < -0.39 is 0 Å². The number of ether oxygens (including phenoxy) is 1. The Morgan fingerprint density at radius 2 is 2.42 bits per heavy atom. The van der Waals surface area contributed by atoms with Crippen LogP contribution in [0.3, 0.4) is 0 Å². The van der Waals surface area contributed by atoms with Crippen LogP contribution in [0, 0.1) is 0 Å². The molecular formula is C10H17NO. The van der Waals surface area contributed by atoms with E-state index >= 15 is 0 Å². The zero-order chi connectivity index (χ0) is 8.77. The molecule has 0 N–H and O–H groups in total. The molecule has 2 rings (SSSR count). The Bertz CT molecular complexity index is 214. The van der Waals surface area contributed by atoms with E-state index in [4.69, 9.17) is 4.74 Å². The van der Waals surface area contributed by atoms with E-state index in [-0.39, 0.29) is 5.54 Å². The second-order valence-electron chi connectivity index (χ2n) is 4.14. The summed E-state index contributed by atoms with van der Waals surface area (Å²) in [5.74, 6) is 0. The highest BCUT2D eigenvalue weighted by Crippen LogP contribution is 2.42. The Hall–Kier alpha value is -0.340. The Kier molecular flexibility index (Phi) is 1.77. The maximum atomic E-state index is 5.38. The van der Waals surface area contributed by atoms with Crippen molar-refractivity contribution in [3.05, 3.63) is 12.2 Å². The van der Waals surface area contributed by atoms with Gasteiger partial charge in [0.25, 0.3) is 0 Å². The van der Waals surface area contributed by atoms with Gasteiger partial charge < -0.3 is 4.74 Å². The van der Waals surface area contributed by atoms with E-state index in [0.717, 1.165) is 13.0 Å². The van der Waals surface area contributed by atoms with Gasteiger partial charge in [0.2, 0.25) is 0 Å². The molecule has 2 heteroatoms. The van der Waals surface area contributed by atoms with Gasteiger partial charge in [0, 0.05) is 25.7 Å². The van der Waals surface area contributed by atoms with Gasteiger partial charge in [-0.15, -0.1) is 0 Å². The number of hydrogen-bond donors (Lipinski definition) is 0. The summed E-state index contributed by atoms with van der Waals surface area (Å²) in [6, 6.07) is 0. The van der Waals surface area contributed by atoms with Gasteiger partial charge in [-0.2, -0.15) is 0 Å². The van der Waals surface area contributed by atoms with Gasteiger partial charge in [0.1, 0.15) is 0 Å². The summed E-state index contributed by atoms with van der Waals surface area (Å²) < 4.78 is 5.38. The monoisotopic (exact) mass is 167 g/mol. The van der Waals surface area contributed by atoms with E-state index in [9.17, 15) is 0 Å². The minimum atomic E-state index is 0.251. The predicted octanol–water partition coefficient (Wildman–Crippen LogP) is 1.43. The van der Waals surface area contributed by atoms with Crippen molar-refractivity contribution in [3.63, 3.8) is 0 Å². The first-order valence-corrected chi connectivity index (χ1v) is 4.63. The van der Waals surface area contributed by atoms with Crippen molar-refractivity contribution in [1.29, 1.82) is 0 Å². The Morgan fingerprint density at radius 3 is 3.00 bits per heavy atom.